The molecule has 16 heavy (non-hydrogen) atoms. The molecule has 0 saturated heterocycles. The van der Waals surface area contributed by atoms with Crippen LogP contribution in [0.1, 0.15) is 24.2 Å². The van der Waals surface area contributed by atoms with E-state index < -0.39 is 0 Å². The highest BCUT2D eigenvalue weighted by atomic mass is 16.2. The number of hydrogen-bond acceptors (Lipinski definition) is 4. The molecule has 3 N–H and O–H groups in total. The Balaban J connectivity index is 2.72. The van der Waals surface area contributed by atoms with Crippen molar-refractivity contribution in [2.24, 2.45) is 11.8 Å². The van der Waals surface area contributed by atoms with Crippen LogP contribution in [-0.2, 0) is 0 Å². The molecule has 0 aliphatic heterocycles. The lowest BCUT2D eigenvalue weighted by Crippen LogP contribution is -2.30. The highest BCUT2D eigenvalue weighted by Gasteiger charge is 2.12. The number of nitrogens with two attached hydrogens (primary N) is 1. The lowest BCUT2D eigenvalue weighted by atomic mass is 10.2. The Hall–Kier alpha value is -1.62. The first-order valence-electron chi connectivity index (χ1n) is 5.22. The summed E-state index contributed by atoms with van der Waals surface area (Å²) >= 11 is 0. The fourth-order valence-corrected chi connectivity index (χ4v) is 1.46. The molecule has 0 radical (unpaired) electrons. The summed E-state index contributed by atoms with van der Waals surface area (Å²) in [4.78, 5) is 17.6. The fraction of sp³-hybridized carbons (Fsp3) is 0.455. The van der Waals surface area contributed by atoms with E-state index in [1.807, 2.05) is 0 Å². The van der Waals surface area contributed by atoms with Gasteiger partial charge in [-0.15, -0.1) is 0 Å². The molecule has 0 spiro atoms. The van der Waals surface area contributed by atoms with Gasteiger partial charge >= 0.3 is 0 Å². The number of hydrazine groups is 1. The number of aromatic nitrogens is 1. The molecule has 5 heteroatoms. The summed E-state index contributed by atoms with van der Waals surface area (Å²) in [6.45, 7) is 4.88. The predicted octanol–water partition coefficient (Wildman–Crippen LogP) is 1.10. The molecule has 1 heterocycles. The minimum absolute atomic E-state index is 0.0234. The van der Waals surface area contributed by atoms with Crippen LogP contribution in [0.5, 0.6) is 0 Å². The molecule has 1 amide bonds. The van der Waals surface area contributed by atoms with Crippen LogP contribution in [0, 0.1) is 5.92 Å². The first-order chi connectivity index (χ1) is 7.54. The molecule has 0 fully saturated rings. The second kappa shape index (κ2) is 5.46. The van der Waals surface area contributed by atoms with Crippen molar-refractivity contribution in [2.75, 3.05) is 19.0 Å². The number of nitrogens with zero attached hydrogens (tertiary/aromatic N) is 2. The average Bonchev–Trinajstić information content (AvgIpc) is 2.27. The third kappa shape index (κ3) is 3.20. The zero-order chi connectivity index (χ0) is 12.1. The molecule has 1 aromatic rings. The van der Waals surface area contributed by atoms with Crippen LogP contribution in [-0.4, -0.2) is 29.4 Å². The quantitative estimate of drug-likeness (QED) is 0.591. The number of nitrogen functional groups attached to an aromatic ring is 1. The lowest BCUT2D eigenvalue weighted by molar-refractivity contribution is 0.0779. The normalized spacial score (nSPS) is 10.3. The van der Waals surface area contributed by atoms with Crippen LogP contribution in [0.3, 0.4) is 0 Å². The second-order valence-electron chi connectivity index (χ2n) is 4.16. The van der Waals surface area contributed by atoms with Gasteiger partial charge in [0.05, 0.1) is 5.56 Å². The first-order valence-corrected chi connectivity index (χ1v) is 5.22. The Morgan fingerprint density at radius 2 is 2.25 bits per heavy atom. The van der Waals surface area contributed by atoms with Crippen LogP contribution in [0.25, 0.3) is 0 Å². The third-order valence-corrected chi connectivity index (χ3v) is 2.14. The summed E-state index contributed by atoms with van der Waals surface area (Å²) < 4.78 is 0. The number of carbonyl (C=O) groups excluding carboxylic acids is 1. The Bertz CT molecular complexity index is 348. The van der Waals surface area contributed by atoms with Crippen LogP contribution < -0.4 is 11.3 Å². The van der Waals surface area contributed by atoms with Gasteiger partial charge in [0.15, 0.2) is 0 Å². The Morgan fingerprint density at radius 1 is 1.56 bits per heavy atom. The average molecular weight is 222 g/mol. The highest BCUT2D eigenvalue weighted by molar-refractivity contribution is 5.93. The fourth-order valence-electron chi connectivity index (χ4n) is 1.46. The molecule has 0 unspecified atom stereocenters. The third-order valence-electron chi connectivity index (χ3n) is 2.14. The van der Waals surface area contributed by atoms with E-state index in [1.165, 1.54) is 6.20 Å². The Kier molecular flexibility index (Phi) is 4.25. The van der Waals surface area contributed by atoms with Crippen LogP contribution in [0.15, 0.2) is 18.3 Å². The molecule has 0 aliphatic carbocycles. The molecule has 0 atom stereocenters. The van der Waals surface area contributed by atoms with Crippen molar-refractivity contribution in [3.05, 3.63) is 23.9 Å². The van der Waals surface area contributed by atoms with Crippen molar-refractivity contribution in [2.45, 2.75) is 13.8 Å². The van der Waals surface area contributed by atoms with Crippen molar-refractivity contribution in [1.82, 2.24) is 9.88 Å². The lowest BCUT2D eigenvalue weighted by Gasteiger charge is -2.19. The number of carbonyl (C=O) groups is 1. The number of nitrogens with one attached hydrogen (secondary N) is 1. The molecular weight excluding hydrogens is 204 g/mol. The van der Waals surface area contributed by atoms with Crippen molar-refractivity contribution in [3.8, 4) is 0 Å². The first kappa shape index (κ1) is 12.4. The molecule has 1 aromatic heterocycles. The smallest absolute Gasteiger partial charge is 0.255 e. The van der Waals surface area contributed by atoms with Crippen molar-refractivity contribution in [1.29, 1.82) is 0 Å². The molecule has 0 bridgehead atoms. The molecule has 88 valence electrons. The van der Waals surface area contributed by atoms with Gasteiger partial charge in [0, 0.05) is 19.8 Å². The number of pyridine rings is 1. The summed E-state index contributed by atoms with van der Waals surface area (Å²) in [7, 11) is 1.79. The molecule has 0 aromatic carbocycles. The van der Waals surface area contributed by atoms with Gasteiger partial charge in [0.25, 0.3) is 5.91 Å². The predicted molar refractivity (Wildman–Crippen MR) is 63.8 cm³/mol. The molecule has 5 nitrogen and oxygen atoms in total. The van der Waals surface area contributed by atoms with E-state index in [9.17, 15) is 4.79 Å². The summed E-state index contributed by atoms with van der Waals surface area (Å²) in [5.41, 5.74) is 2.99. The molecule has 0 aliphatic rings. The summed E-state index contributed by atoms with van der Waals surface area (Å²) in [6.07, 6.45) is 1.52. The molecule has 0 saturated carbocycles. The zero-order valence-corrected chi connectivity index (χ0v) is 9.90. The maximum Gasteiger partial charge on any atom is 0.255 e. The standard InChI is InChI=1S/C11H18N4O/c1-8(2)7-15(3)11(16)9-4-5-10(14-12)13-6-9/h4-6,8H,7,12H2,1-3H3,(H,13,14). The van der Waals surface area contributed by atoms with Crippen LogP contribution in [0.2, 0.25) is 0 Å². The largest absolute Gasteiger partial charge is 0.341 e. The number of hydrogen-bond donors (Lipinski definition) is 2. The topological polar surface area (TPSA) is 71.2 Å². The summed E-state index contributed by atoms with van der Waals surface area (Å²) in [5.74, 6) is 6.17. The van der Waals surface area contributed by atoms with Gasteiger partial charge in [0.2, 0.25) is 0 Å². The van der Waals surface area contributed by atoms with Gasteiger partial charge in [-0.05, 0) is 18.1 Å². The van der Waals surface area contributed by atoms with E-state index in [0.717, 1.165) is 6.54 Å². The SMILES string of the molecule is CC(C)CN(C)C(=O)c1ccc(NN)nc1. The Labute approximate surface area is 95.6 Å². The van der Waals surface area contributed by atoms with Crippen LogP contribution >= 0.6 is 0 Å². The zero-order valence-electron chi connectivity index (χ0n) is 9.90. The highest BCUT2D eigenvalue weighted by Crippen LogP contribution is 2.07. The van der Waals surface area contributed by atoms with Crippen molar-refractivity contribution < 1.29 is 4.79 Å². The molecular formula is C11H18N4O. The van der Waals surface area contributed by atoms with Gasteiger partial charge in [0.1, 0.15) is 5.82 Å². The van der Waals surface area contributed by atoms with Crippen molar-refractivity contribution in [3.63, 3.8) is 0 Å². The summed E-state index contributed by atoms with van der Waals surface area (Å²) in [5, 5.41) is 0. The van der Waals surface area contributed by atoms with Gasteiger partial charge < -0.3 is 10.3 Å². The van der Waals surface area contributed by atoms with E-state index in [2.05, 4.69) is 24.3 Å². The number of amides is 1. The van der Waals surface area contributed by atoms with E-state index in [-0.39, 0.29) is 5.91 Å². The Morgan fingerprint density at radius 3 is 2.69 bits per heavy atom. The van der Waals surface area contributed by atoms with Gasteiger partial charge in [-0.3, -0.25) is 4.79 Å². The van der Waals surface area contributed by atoms with Gasteiger partial charge in [-0.2, -0.15) is 0 Å². The van der Waals surface area contributed by atoms with E-state index in [4.69, 9.17) is 5.84 Å². The van der Waals surface area contributed by atoms with Gasteiger partial charge in [-0.25, -0.2) is 10.8 Å². The van der Waals surface area contributed by atoms with E-state index in [1.54, 1.807) is 24.1 Å². The van der Waals surface area contributed by atoms with E-state index in [0.29, 0.717) is 17.3 Å². The molecule has 1 rings (SSSR count). The van der Waals surface area contributed by atoms with Crippen LogP contribution in [0.4, 0.5) is 5.82 Å². The number of rotatable bonds is 4. The number of anilines is 1. The minimum Gasteiger partial charge on any atom is -0.341 e. The monoisotopic (exact) mass is 222 g/mol. The minimum atomic E-state index is -0.0234. The van der Waals surface area contributed by atoms with E-state index >= 15 is 0 Å². The summed E-state index contributed by atoms with van der Waals surface area (Å²) in [6, 6.07) is 3.39. The maximum absolute atomic E-state index is 11.9. The second-order valence-corrected chi connectivity index (χ2v) is 4.16. The van der Waals surface area contributed by atoms with Crippen molar-refractivity contribution >= 4 is 11.7 Å². The van der Waals surface area contributed by atoms with Gasteiger partial charge in [-0.1, -0.05) is 13.8 Å². The maximum atomic E-state index is 11.9.